The van der Waals surface area contributed by atoms with Crippen LogP contribution in [-0.4, -0.2) is 62.1 Å². The number of hydrogen-bond donors (Lipinski definition) is 0. The number of hydrogen-bond acceptors (Lipinski definition) is 6. The van der Waals surface area contributed by atoms with E-state index in [1.54, 1.807) is 36.4 Å². The standard InChI is InChI=1S/C21H26N2O6S2/c1-16-6-8-19(9-7-16)31(27,28)23-11-2-5-20(23)21(24)22(14-18-4-3-12-29-18)17-10-13-30(25,26)15-17/h3-4,6-9,12,17,20H,2,5,10-11,13-15H2,1H3/t17?,20-/m1/s1. The van der Waals surface area contributed by atoms with Gasteiger partial charge in [0.1, 0.15) is 11.8 Å². The van der Waals surface area contributed by atoms with E-state index in [2.05, 4.69) is 0 Å². The van der Waals surface area contributed by atoms with Crippen LogP contribution in [0.2, 0.25) is 0 Å². The molecule has 8 nitrogen and oxygen atoms in total. The van der Waals surface area contributed by atoms with Gasteiger partial charge in [0.25, 0.3) is 0 Å². The molecule has 2 aliphatic heterocycles. The molecule has 10 heteroatoms. The van der Waals surface area contributed by atoms with Crippen molar-refractivity contribution in [3.05, 3.63) is 54.0 Å². The largest absolute Gasteiger partial charge is 0.467 e. The van der Waals surface area contributed by atoms with E-state index in [0.29, 0.717) is 25.0 Å². The fourth-order valence-electron chi connectivity index (χ4n) is 4.29. The fraction of sp³-hybridized carbons (Fsp3) is 0.476. The summed E-state index contributed by atoms with van der Waals surface area (Å²) in [4.78, 5) is 15.2. The quantitative estimate of drug-likeness (QED) is 0.644. The van der Waals surface area contributed by atoms with Crippen molar-refractivity contribution >= 4 is 25.8 Å². The molecule has 1 aromatic carbocycles. The van der Waals surface area contributed by atoms with Gasteiger partial charge in [0.05, 0.1) is 29.2 Å². The SMILES string of the molecule is Cc1ccc(S(=O)(=O)N2CCC[C@@H]2C(=O)N(Cc2ccco2)C2CCS(=O)(=O)C2)cc1. The van der Waals surface area contributed by atoms with Crippen LogP contribution in [-0.2, 0) is 31.2 Å². The molecule has 0 spiro atoms. The lowest BCUT2D eigenvalue weighted by atomic mass is 10.1. The summed E-state index contributed by atoms with van der Waals surface area (Å²) in [7, 11) is -7.07. The van der Waals surface area contributed by atoms with Gasteiger partial charge in [-0.2, -0.15) is 4.31 Å². The van der Waals surface area contributed by atoms with Gasteiger partial charge in [-0.15, -0.1) is 0 Å². The zero-order valence-electron chi connectivity index (χ0n) is 17.3. The van der Waals surface area contributed by atoms with E-state index in [1.807, 2.05) is 6.92 Å². The third-order valence-corrected chi connectivity index (χ3v) is 9.63. The molecular formula is C21H26N2O6S2. The predicted octanol–water partition coefficient (Wildman–Crippen LogP) is 1.96. The highest BCUT2D eigenvalue weighted by Crippen LogP contribution is 2.30. The third kappa shape index (κ3) is 4.56. The predicted molar refractivity (Wildman–Crippen MR) is 114 cm³/mol. The molecule has 0 radical (unpaired) electrons. The van der Waals surface area contributed by atoms with Crippen molar-refractivity contribution in [1.29, 1.82) is 0 Å². The molecule has 2 atom stereocenters. The Kier molecular flexibility index (Phi) is 5.97. The fourth-order valence-corrected chi connectivity index (χ4v) is 7.67. The maximum absolute atomic E-state index is 13.6. The minimum atomic E-state index is -3.85. The molecule has 2 saturated heterocycles. The summed E-state index contributed by atoms with van der Waals surface area (Å²) in [6.07, 6.45) is 2.80. The van der Waals surface area contributed by atoms with Gasteiger partial charge in [0.15, 0.2) is 9.84 Å². The number of sulfone groups is 1. The highest BCUT2D eigenvalue weighted by Gasteiger charge is 2.44. The summed E-state index contributed by atoms with van der Waals surface area (Å²) in [6.45, 7) is 2.24. The second kappa shape index (κ2) is 8.40. The molecule has 2 fully saturated rings. The lowest BCUT2D eigenvalue weighted by Crippen LogP contribution is -2.51. The van der Waals surface area contributed by atoms with E-state index in [9.17, 15) is 21.6 Å². The number of amides is 1. The second-order valence-corrected chi connectivity index (χ2v) is 12.3. The van der Waals surface area contributed by atoms with Gasteiger partial charge >= 0.3 is 0 Å². The average molecular weight is 467 g/mol. The normalized spacial score (nSPS) is 23.8. The Morgan fingerprint density at radius 2 is 1.94 bits per heavy atom. The smallest absolute Gasteiger partial charge is 0.243 e. The van der Waals surface area contributed by atoms with Gasteiger partial charge in [-0.05, 0) is 50.5 Å². The molecule has 0 N–H and O–H groups in total. The van der Waals surface area contributed by atoms with E-state index in [1.165, 1.54) is 15.5 Å². The molecule has 2 aliphatic rings. The van der Waals surface area contributed by atoms with Crippen molar-refractivity contribution < 1.29 is 26.0 Å². The van der Waals surface area contributed by atoms with Crippen LogP contribution in [0.4, 0.5) is 0 Å². The average Bonchev–Trinajstić information content (AvgIpc) is 3.47. The first kappa shape index (κ1) is 22.0. The number of carbonyl (C=O) groups excluding carboxylic acids is 1. The molecule has 3 heterocycles. The van der Waals surface area contributed by atoms with Crippen molar-refractivity contribution in [1.82, 2.24) is 9.21 Å². The molecule has 168 valence electrons. The summed E-state index contributed by atoms with van der Waals surface area (Å²) in [6, 6.07) is 8.63. The first-order chi connectivity index (χ1) is 14.7. The maximum atomic E-state index is 13.6. The lowest BCUT2D eigenvalue weighted by molar-refractivity contribution is -0.137. The van der Waals surface area contributed by atoms with Crippen molar-refractivity contribution in [3.63, 3.8) is 0 Å². The highest BCUT2D eigenvalue weighted by molar-refractivity contribution is 7.91. The van der Waals surface area contributed by atoms with Crippen LogP contribution >= 0.6 is 0 Å². The van der Waals surface area contributed by atoms with Gasteiger partial charge in [-0.3, -0.25) is 4.79 Å². The van der Waals surface area contributed by atoms with Crippen LogP contribution in [0.1, 0.15) is 30.6 Å². The summed E-state index contributed by atoms with van der Waals surface area (Å²) < 4.78 is 57.3. The Balaban J connectivity index is 1.63. The molecule has 1 amide bonds. The summed E-state index contributed by atoms with van der Waals surface area (Å²) >= 11 is 0. The number of aryl methyl sites for hydroxylation is 1. The molecule has 0 saturated carbocycles. The summed E-state index contributed by atoms with van der Waals surface area (Å²) in [5.41, 5.74) is 0.945. The van der Waals surface area contributed by atoms with Crippen molar-refractivity contribution in [3.8, 4) is 0 Å². The molecule has 1 aromatic heterocycles. The van der Waals surface area contributed by atoms with E-state index >= 15 is 0 Å². The monoisotopic (exact) mass is 466 g/mol. The van der Waals surface area contributed by atoms with Crippen LogP contribution < -0.4 is 0 Å². The molecule has 0 aliphatic carbocycles. The zero-order valence-corrected chi connectivity index (χ0v) is 18.9. The van der Waals surface area contributed by atoms with Crippen molar-refractivity contribution in [2.75, 3.05) is 18.1 Å². The summed E-state index contributed by atoms with van der Waals surface area (Å²) in [5, 5.41) is 0. The topological polar surface area (TPSA) is 105 Å². The number of nitrogens with zero attached hydrogens (tertiary/aromatic N) is 2. The van der Waals surface area contributed by atoms with Crippen molar-refractivity contribution in [2.24, 2.45) is 0 Å². The van der Waals surface area contributed by atoms with E-state index in [4.69, 9.17) is 4.42 Å². The summed E-state index contributed by atoms with van der Waals surface area (Å²) in [5.74, 6) is 0.0715. The van der Waals surface area contributed by atoms with Gasteiger partial charge in [-0.1, -0.05) is 17.7 Å². The third-order valence-electron chi connectivity index (χ3n) is 5.95. The number of sulfonamides is 1. The van der Waals surface area contributed by atoms with Crippen LogP contribution in [0, 0.1) is 6.92 Å². The first-order valence-electron chi connectivity index (χ1n) is 10.3. The number of rotatable bonds is 6. The molecule has 4 rings (SSSR count). The Labute approximate surface area is 182 Å². The van der Waals surface area contributed by atoms with E-state index < -0.39 is 31.9 Å². The Morgan fingerprint density at radius 1 is 1.19 bits per heavy atom. The minimum absolute atomic E-state index is 0.0235. The van der Waals surface area contributed by atoms with Crippen LogP contribution in [0.5, 0.6) is 0 Å². The van der Waals surface area contributed by atoms with Gasteiger partial charge in [0.2, 0.25) is 15.9 Å². The highest BCUT2D eigenvalue weighted by atomic mass is 32.2. The zero-order chi connectivity index (χ0) is 22.2. The van der Waals surface area contributed by atoms with Gasteiger partial charge in [0, 0.05) is 12.6 Å². The van der Waals surface area contributed by atoms with Crippen molar-refractivity contribution in [2.45, 2.75) is 49.7 Å². The molecule has 31 heavy (non-hydrogen) atoms. The maximum Gasteiger partial charge on any atom is 0.243 e. The molecule has 0 bridgehead atoms. The minimum Gasteiger partial charge on any atom is -0.467 e. The number of furan rings is 1. The van der Waals surface area contributed by atoms with E-state index in [0.717, 1.165) is 5.56 Å². The van der Waals surface area contributed by atoms with Gasteiger partial charge < -0.3 is 9.32 Å². The number of carbonyl (C=O) groups is 1. The Morgan fingerprint density at radius 3 is 2.55 bits per heavy atom. The second-order valence-electron chi connectivity index (χ2n) is 8.19. The number of benzene rings is 1. The van der Waals surface area contributed by atoms with E-state index in [-0.39, 0.29) is 35.4 Å². The Hall–Kier alpha value is -2.17. The first-order valence-corrected chi connectivity index (χ1v) is 13.6. The lowest BCUT2D eigenvalue weighted by Gasteiger charge is -2.33. The van der Waals surface area contributed by atoms with Crippen LogP contribution in [0.15, 0.2) is 52.0 Å². The van der Waals surface area contributed by atoms with Gasteiger partial charge in [-0.25, -0.2) is 16.8 Å². The van der Waals surface area contributed by atoms with Crippen LogP contribution in [0.3, 0.4) is 0 Å². The Bertz CT molecular complexity index is 1140. The van der Waals surface area contributed by atoms with Crippen LogP contribution in [0.25, 0.3) is 0 Å². The molecule has 2 aromatic rings. The molecular weight excluding hydrogens is 440 g/mol. The molecule has 1 unspecified atom stereocenters.